The van der Waals surface area contributed by atoms with Crippen LogP contribution in [0.4, 0.5) is 0 Å². The van der Waals surface area contributed by atoms with Crippen LogP contribution in [0, 0.1) is 0 Å². The second-order valence-corrected chi connectivity index (χ2v) is 5.89. The Morgan fingerprint density at radius 2 is 1.77 bits per heavy atom. The average molecular weight is 308 g/mol. The molecule has 0 aliphatic rings. The SMILES string of the molecule is CCCCCCC=Cc1cc(O)n(CCCCCCN)c1O. The smallest absolute Gasteiger partial charge is 0.201 e. The van der Waals surface area contributed by atoms with Gasteiger partial charge in [-0.1, -0.05) is 51.2 Å². The summed E-state index contributed by atoms with van der Waals surface area (Å²) in [4.78, 5) is 0. The van der Waals surface area contributed by atoms with Crippen molar-refractivity contribution in [2.75, 3.05) is 6.54 Å². The highest BCUT2D eigenvalue weighted by atomic mass is 16.3. The van der Waals surface area contributed by atoms with Gasteiger partial charge < -0.3 is 15.9 Å². The van der Waals surface area contributed by atoms with E-state index < -0.39 is 0 Å². The van der Waals surface area contributed by atoms with Crippen molar-refractivity contribution in [3.63, 3.8) is 0 Å². The molecular weight excluding hydrogens is 276 g/mol. The number of rotatable bonds is 12. The lowest BCUT2D eigenvalue weighted by atomic mass is 10.1. The second kappa shape index (κ2) is 11.2. The summed E-state index contributed by atoms with van der Waals surface area (Å²) in [5.74, 6) is 0.308. The molecule has 0 aliphatic heterocycles. The van der Waals surface area contributed by atoms with Gasteiger partial charge in [-0.3, -0.25) is 4.57 Å². The van der Waals surface area contributed by atoms with Gasteiger partial charge in [0.15, 0.2) is 5.88 Å². The largest absolute Gasteiger partial charge is 0.494 e. The van der Waals surface area contributed by atoms with Crippen LogP contribution in [0.1, 0.15) is 70.3 Å². The van der Waals surface area contributed by atoms with Crippen LogP contribution >= 0.6 is 0 Å². The highest BCUT2D eigenvalue weighted by Gasteiger charge is 2.11. The van der Waals surface area contributed by atoms with Crippen LogP contribution in [0.3, 0.4) is 0 Å². The Kier molecular flexibility index (Phi) is 9.47. The Balaban J connectivity index is 2.42. The summed E-state index contributed by atoms with van der Waals surface area (Å²) in [6.45, 7) is 3.58. The number of nitrogens with zero attached hydrogens (tertiary/aromatic N) is 1. The van der Waals surface area contributed by atoms with Crippen molar-refractivity contribution in [1.82, 2.24) is 4.57 Å². The quantitative estimate of drug-likeness (QED) is 0.501. The van der Waals surface area contributed by atoms with E-state index in [-0.39, 0.29) is 11.8 Å². The van der Waals surface area contributed by atoms with E-state index in [0.29, 0.717) is 12.1 Å². The number of hydrogen-bond acceptors (Lipinski definition) is 3. The first-order valence-electron chi connectivity index (χ1n) is 8.68. The van der Waals surface area contributed by atoms with E-state index in [1.165, 1.54) is 25.7 Å². The normalized spacial score (nSPS) is 11.5. The van der Waals surface area contributed by atoms with E-state index in [0.717, 1.165) is 38.6 Å². The van der Waals surface area contributed by atoms with Gasteiger partial charge in [0.1, 0.15) is 0 Å². The van der Waals surface area contributed by atoms with E-state index in [1.54, 1.807) is 10.6 Å². The maximum Gasteiger partial charge on any atom is 0.201 e. The number of aromatic nitrogens is 1. The van der Waals surface area contributed by atoms with Crippen LogP contribution in [0.25, 0.3) is 6.08 Å². The predicted octanol–water partition coefficient (Wildman–Crippen LogP) is 4.40. The Hall–Kier alpha value is -1.42. The van der Waals surface area contributed by atoms with Crippen molar-refractivity contribution in [1.29, 1.82) is 0 Å². The first-order valence-corrected chi connectivity index (χ1v) is 8.68. The zero-order valence-corrected chi connectivity index (χ0v) is 13.9. The molecule has 0 bridgehead atoms. The van der Waals surface area contributed by atoms with Gasteiger partial charge in [-0.25, -0.2) is 0 Å². The first kappa shape index (κ1) is 18.6. The molecule has 1 aromatic rings. The van der Waals surface area contributed by atoms with E-state index >= 15 is 0 Å². The lowest BCUT2D eigenvalue weighted by Crippen LogP contribution is -2.00. The molecule has 0 amide bonds. The van der Waals surface area contributed by atoms with Gasteiger partial charge in [-0.2, -0.15) is 0 Å². The summed E-state index contributed by atoms with van der Waals surface area (Å²) in [5.41, 5.74) is 6.17. The van der Waals surface area contributed by atoms with Crippen molar-refractivity contribution in [2.45, 2.75) is 71.3 Å². The summed E-state index contributed by atoms with van der Waals surface area (Å²) >= 11 is 0. The Morgan fingerprint density at radius 3 is 2.50 bits per heavy atom. The molecule has 1 aromatic heterocycles. The standard InChI is InChI=1S/C18H32N2O2/c1-2-3-4-5-6-9-12-16-15-17(21)20(18(16)22)14-11-8-7-10-13-19/h9,12,15,21-22H,2-8,10-11,13-14,19H2,1H3. The highest BCUT2D eigenvalue weighted by Crippen LogP contribution is 2.29. The van der Waals surface area contributed by atoms with Crippen LogP contribution in [-0.2, 0) is 6.54 Å². The van der Waals surface area contributed by atoms with Gasteiger partial charge in [-0.05, 0) is 32.2 Å². The molecule has 1 heterocycles. The Labute approximate surface area is 134 Å². The maximum absolute atomic E-state index is 10.2. The summed E-state index contributed by atoms with van der Waals surface area (Å²) in [6.07, 6.45) is 14.1. The Morgan fingerprint density at radius 1 is 1.05 bits per heavy atom. The van der Waals surface area contributed by atoms with Gasteiger partial charge in [0, 0.05) is 18.2 Å². The minimum absolute atomic E-state index is 0.141. The molecule has 0 saturated carbocycles. The molecule has 4 nitrogen and oxygen atoms in total. The van der Waals surface area contributed by atoms with Gasteiger partial charge in [0.2, 0.25) is 5.88 Å². The number of hydrogen-bond donors (Lipinski definition) is 3. The minimum atomic E-state index is 0.141. The molecule has 1 rings (SSSR count). The van der Waals surface area contributed by atoms with E-state index in [9.17, 15) is 10.2 Å². The fourth-order valence-corrected chi connectivity index (χ4v) is 2.56. The summed E-state index contributed by atoms with van der Waals surface area (Å²) < 4.78 is 1.58. The Bertz CT molecular complexity index is 439. The molecule has 0 atom stereocenters. The molecule has 22 heavy (non-hydrogen) atoms. The first-order chi connectivity index (χ1) is 10.7. The van der Waals surface area contributed by atoms with Crippen molar-refractivity contribution in [2.24, 2.45) is 5.73 Å². The van der Waals surface area contributed by atoms with Crippen molar-refractivity contribution in [3.8, 4) is 11.8 Å². The fourth-order valence-electron chi connectivity index (χ4n) is 2.56. The molecule has 126 valence electrons. The van der Waals surface area contributed by atoms with E-state index in [4.69, 9.17) is 5.73 Å². The van der Waals surface area contributed by atoms with Crippen LogP contribution in [-0.4, -0.2) is 21.3 Å². The molecule has 0 radical (unpaired) electrons. The topological polar surface area (TPSA) is 71.4 Å². The van der Waals surface area contributed by atoms with E-state index in [2.05, 4.69) is 13.0 Å². The lowest BCUT2D eigenvalue weighted by molar-refractivity contribution is 0.361. The average Bonchev–Trinajstić information content (AvgIpc) is 2.77. The summed E-state index contributed by atoms with van der Waals surface area (Å²) in [6, 6.07) is 1.64. The fraction of sp³-hybridized carbons (Fsp3) is 0.667. The maximum atomic E-state index is 10.2. The molecular formula is C18H32N2O2. The number of allylic oxidation sites excluding steroid dienone is 1. The molecule has 0 saturated heterocycles. The predicted molar refractivity (Wildman–Crippen MR) is 93.1 cm³/mol. The zero-order valence-electron chi connectivity index (χ0n) is 13.9. The molecule has 4 N–H and O–H groups in total. The third-order valence-electron chi connectivity index (χ3n) is 3.93. The third kappa shape index (κ3) is 6.56. The number of unbranched alkanes of at least 4 members (excludes halogenated alkanes) is 7. The number of nitrogens with two attached hydrogens (primary N) is 1. The van der Waals surface area contributed by atoms with Gasteiger partial charge in [0.25, 0.3) is 0 Å². The molecule has 0 aliphatic carbocycles. The third-order valence-corrected chi connectivity index (χ3v) is 3.93. The lowest BCUT2D eigenvalue weighted by Gasteiger charge is -2.06. The van der Waals surface area contributed by atoms with Gasteiger partial charge in [0.05, 0.1) is 0 Å². The van der Waals surface area contributed by atoms with Crippen LogP contribution in [0.2, 0.25) is 0 Å². The van der Waals surface area contributed by atoms with Crippen molar-refractivity contribution >= 4 is 6.08 Å². The van der Waals surface area contributed by atoms with E-state index in [1.807, 2.05) is 6.08 Å². The van der Waals surface area contributed by atoms with Crippen LogP contribution < -0.4 is 5.73 Å². The zero-order chi connectivity index (χ0) is 16.2. The van der Waals surface area contributed by atoms with Gasteiger partial charge >= 0.3 is 0 Å². The minimum Gasteiger partial charge on any atom is -0.494 e. The monoisotopic (exact) mass is 308 g/mol. The molecule has 0 aromatic carbocycles. The summed E-state index contributed by atoms with van der Waals surface area (Å²) in [5, 5.41) is 20.1. The molecule has 0 fully saturated rings. The van der Waals surface area contributed by atoms with Crippen molar-refractivity contribution in [3.05, 3.63) is 17.7 Å². The molecule has 0 spiro atoms. The van der Waals surface area contributed by atoms with Crippen molar-refractivity contribution < 1.29 is 10.2 Å². The summed E-state index contributed by atoms with van der Waals surface area (Å²) in [7, 11) is 0. The molecule has 0 unspecified atom stereocenters. The van der Waals surface area contributed by atoms with Crippen LogP contribution in [0.15, 0.2) is 12.1 Å². The van der Waals surface area contributed by atoms with Gasteiger partial charge in [-0.15, -0.1) is 0 Å². The second-order valence-electron chi connectivity index (χ2n) is 5.89. The number of aromatic hydroxyl groups is 2. The highest BCUT2D eigenvalue weighted by molar-refractivity contribution is 5.57. The molecule has 4 heteroatoms. The van der Waals surface area contributed by atoms with Crippen LogP contribution in [0.5, 0.6) is 11.8 Å².